The van der Waals surface area contributed by atoms with Gasteiger partial charge in [0.1, 0.15) is 17.2 Å². The summed E-state index contributed by atoms with van der Waals surface area (Å²) < 4.78 is 11.7. The van der Waals surface area contributed by atoms with Crippen molar-refractivity contribution in [3.8, 4) is 17.2 Å². The predicted molar refractivity (Wildman–Crippen MR) is 70.8 cm³/mol. The highest BCUT2D eigenvalue weighted by molar-refractivity contribution is 6.30. The number of halogens is 1. The lowest BCUT2D eigenvalue weighted by Crippen LogP contribution is -2.09. The van der Waals surface area contributed by atoms with Crippen LogP contribution in [0.4, 0.5) is 0 Å². The fourth-order valence-electron chi connectivity index (χ4n) is 1.73. The van der Waals surface area contributed by atoms with E-state index in [1.807, 2.05) is 0 Å². The number of methoxy groups -OCH3 is 2. The number of hydrogen-bond acceptors (Lipinski definition) is 5. The Morgan fingerprint density at radius 2 is 2.15 bits per heavy atom. The van der Waals surface area contributed by atoms with Crippen molar-refractivity contribution in [2.45, 2.75) is 6.42 Å². The van der Waals surface area contributed by atoms with Gasteiger partial charge in [0, 0.05) is 6.07 Å². The molecule has 0 aliphatic rings. The van der Waals surface area contributed by atoms with Crippen molar-refractivity contribution in [1.29, 1.82) is 0 Å². The molecular weight excluding hydrogens is 286 g/mol. The Balaban J connectivity index is 2.58. The van der Waals surface area contributed by atoms with Gasteiger partial charge in [-0.05, 0) is 12.1 Å². The van der Waals surface area contributed by atoms with Crippen LogP contribution in [0.1, 0.15) is 5.69 Å². The first kappa shape index (κ1) is 14.1. The molecule has 1 aromatic heterocycles. The van der Waals surface area contributed by atoms with E-state index in [2.05, 4.69) is 10.3 Å². The number of carboxylic acids is 1. The first-order chi connectivity index (χ1) is 9.56. The zero-order chi connectivity index (χ0) is 14.7. The average Bonchev–Trinajstić information content (AvgIpc) is 2.79. The number of rotatable bonds is 5. The van der Waals surface area contributed by atoms with Crippen LogP contribution >= 0.6 is 11.6 Å². The molecule has 0 unspecified atom stereocenters. The van der Waals surface area contributed by atoms with Crippen molar-refractivity contribution in [2.24, 2.45) is 0 Å². The molecule has 1 aromatic carbocycles. The first-order valence-corrected chi connectivity index (χ1v) is 5.99. The summed E-state index contributed by atoms with van der Waals surface area (Å²) >= 11 is 5.88. The van der Waals surface area contributed by atoms with E-state index in [1.54, 1.807) is 18.2 Å². The maximum atomic E-state index is 10.9. The molecule has 2 aromatic rings. The second-order valence-electron chi connectivity index (χ2n) is 3.85. The quantitative estimate of drug-likeness (QED) is 0.901. The van der Waals surface area contributed by atoms with Crippen LogP contribution < -0.4 is 9.47 Å². The predicted octanol–water partition coefficient (Wildman–Crippen LogP) is 1.56. The van der Waals surface area contributed by atoms with Gasteiger partial charge in [-0.1, -0.05) is 16.8 Å². The van der Waals surface area contributed by atoms with E-state index in [0.29, 0.717) is 17.2 Å². The van der Waals surface area contributed by atoms with Crippen molar-refractivity contribution in [3.63, 3.8) is 0 Å². The summed E-state index contributed by atoms with van der Waals surface area (Å²) in [7, 11) is 3.03. The lowest BCUT2D eigenvalue weighted by Gasteiger charge is -2.11. The van der Waals surface area contributed by atoms with Crippen LogP contribution in [0.3, 0.4) is 0 Å². The lowest BCUT2D eigenvalue weighted by atomic mass is 10.2. The van der Waals surface area contributed by atoms with E-state index in [9.17, 15) is 4.79 Å². The van der Waals surface area contributed by atoms with Crippen molar-refractivity contribution < 1.29 is 19.4 Å². The van der Waals surface area contributed by atoms with Crippen LogP contribution in [0.25, 0.3) is 5.69 Å². The molecule has 0 spiro atoms. The molecule has 0 radical (unpaired) electrons. The summed E-state index contributed by atoms with van der Waals surface area (Å²) in [6, 6.07) is 5.07. The first-order valence-electron chi connectivity index (χ1n) is 5.61. The van der Waals surface area contributed by atoms with Crippen molar-refractivity contribution in [3.05, 3.63) is 29.0 Å². The van der Waals surface area contributed by atoms with Gasteiger partial charge in [-0.25, -0.2) is 4.68 Å². The lowest BCUT2D eigenvalue weighted by molar-refractivity contribution is -0.136. The molecule has 2 rings (SSSR count). The van der Waals surface area contributed by atoms with Crippen LogP contribution in [0.15, 0.2) is 18.2 Å². The number of ether oxygens (including phenoxy) is 2. The average molecular weight is 298 g/mol. The standard InChI is InChI=1S/C12H12ClN3O4/c1-19-7-3-4-10(20-2)8(5-7)16-9(6-11(17)18)12(13)14-15-16/h3-5H,6H2,1-2H3,(H,17,18). The number of carbonyl (C=O) groups is 1. The Bertz CT molecular complexity index is 642. The molecule has 0 atom stereocenters. The maximum Gasteiger partial charge on any atom is 0.309 e. The molecule has 0 amide bonds. The minimum atomic E-state index is -1.03. The topological polar surface area (TPSA) is 86.5 Å². The third-order valence-electron chi connectivity index (χ3n) is 2.65. The second-order valence-corrected chi connectivity index (χ2v) is 4.21. The number of aromatic nitrogens is 3. The van der Waals surface area contributed by atoms with E-state index in [-0.39, 0.29) is 17.3 Å². The minimum absolute atomic E-state index is 0.0391. The Hall–Kier alpha value is -2.28. The Kier molecular flexibility index (Phi) is 4.09. The highest BCUT2D eigenvalue weighted by Gasteiger charge is 2.18. The summed E-state index contributed by atoms with van der Waals surface area (Å²) in [5.74, 6) is 0.0463. The van der Waals surface area contributed by atoms with E-state index in [1.165, 1.54) is 18.9 Å². The molecule has 20 heavy (non-hydrogen) atoms. The van der Waals surface area contributed by atoms with Gasteiger partial charge in [-0.15, -0.1) is 5.10 Å². The monoisotopic (exact) mass is 297 g/mol. The van der Waals surface area contributed by atoms with Gasteiger partial charge in [0.05, 0.1) is 26.3 Å². The van der Waals surface area contributed by atoms with E-state index < -0.39 is 5.97 Å². The van der Waals surface area contributed by atoms with Crippen LogP contribution in [0.5, 0.6) is 11.5 Å². The highest BCUT2D eigenvalue weighted by Crippen LogP contribution is 2.29. The van der Waals surface area contributed by atoms with Gasteiger partial charge in [0.25, 0.3) is 0 Å². The van der Waals surface area contributed by atoms with E-state index >= 15 is 0 Å². The number of carboxylic acid groups (broad SMARTS) is 1. The smallest absolute Gasteiger partial charge is 0.309 e. The molecule has 0 aliphatic heterocycles. The zero-order valence-corrected chi connectivity index (χ0v) is 11.6. The molecule has 0 saturated carbocycles. The highest BCUT2D eigenvalue weighted by atomic mass is 35.5. The summed E-state index contributed by atoms with van der Waals surface area (Å²) in [5, 5.41) is 16.5. The second kappa shape index (κ2) is 5.79. The normalized spacial score (nSPS) is 10.3. The van der Waals surface area contributed by atoms with Gasteiger partial charge >= 0.3 is 5.97 Å². The van der Waals surface area contributed by atoms with Gasteiger partial charge in [-0.2, -0.15) is 0 Å². The van der Waals surface area contributed by atoms with Crippen molar-refractivity contribution >= 4 is 17.6 Å². The molecule has 0 saturated heterocycles. The van der Waals surface area contributed by atoms with Crippen LogP contribution in [-0.4, -0.2) is 40.3 Å². The molecule has 1 N–H and O–H groups in total. The molecule has 7 nitrogen and oxygen atoms in total. The molecule has 0 aliphatic carbocycles. The van der Waals surface area contributed by atoms with Gasteiger partial charge in [0.2, 0.25) is 0 Å². The van der Waals surface area contributed by atoms with Gasteiger partial charge in [-0.3, -0.25) is 4.79 Å². The number of benzene rings is 1. The Morgan fingerprint density at radius 3 is 2.75 bits per heavy atom. The van der Waals surface area contributed by atoms with Crippen molar-refractivity contribution in [2.75, 3.05) is 14.2 Å². The number of nitrogens with zero attached hydrogens (tertiary/aromatic N) is 3. The molecule has 1 heterocycles. The fourth-order valence-corrected chi connectivity index (χ4v) is 1.91. The Labute approximate surface area is 119 Å². The van der Waals surface area contributed by atoms with Crippen LogP contribution in [-0.2, 0) is 11.2 Å². The molecule has 0 fully saturated rings. The van der Waals surface area contributed by atoms with Gasteiger partial charge in [0.15, 0.2) is 5.15 Å². The van der Waals surface area contributed by atoms with Gasteiger partial charge < -0.3 is 14.6 Å². The molecule has 106 valence electrons. The summed E-state index contributed by atoms with van der Waals surface area (Å²) in [6.07, 6.45) is -0.299. The fraction of sp³-hybridized carbons (Fsp3) is 0.250. The molecule has 0 bridgehead atoms. The third kappa shape index (κ3) is 2.67. The SMILES string of the molecule is COc1ccc(OC)c(-n2nnc(Cl)c2CC(=O)O)c1. The van der Waals surface area contributed by atoms with E-state index in [0.717, 1.165) is 0 Å². The minimum Gasteiger partial charge on any atom is -0.497 e. The summed E-state index contributed by atoms with van der Waals surface area (Å²) in [4.78, 5) is 10.9. The summed E-state index contributed by atoms with van der Waals surface area (Å²) in [6.45, 7) is 0. The van der Waals surface area contributed by atoms with Crippen molar-refractivity contribution in [1.82, 2.24) is 15.0 Å². The molecule has 8 heteroatoms. The van der Waals surface area contributed by atoms with Crippen LogP contribution in [0.2, 0.25) is 5.15 Å². The zero-order valence-electron chi connectivity index (χ0n) is 10.8. The number of hydrogen-bond donors (Lipinski definition) is 1. The Morgan fingerprint density at radius 1 is 1.40 bits per heavy atom. The van der Waals surface area contributed by atoms with E-state index in [4.69, 9.17) is 26.2 Å². The third-order valence-corrected chi connectivity index (χ3v) is 2.94. The maximum absolute atomic E-state index is 10.9. The summed E-state index contributed by atoms with van der Waals surface area (Å²) in [5.41, 5.74) is 0.771. The largest absolute Gasteiger partial charge is 0.497 e. The molecular formula is C12H12ClN3O4. The number of aliphatic carboxylic acids is 1. The van der Waals surface area contributed by atoms with Crippen LogP contribution in [0, 0.1) is 0 Å².